The van der Waals surface area contributed by atoms with Gasteiger partial charge >= 0.3 is 0 Å². The van der Waals surface area contributed by atoms with E-state index in [9.17, 15) is 10.2 Å². The highest BCUT2D eigenvalue weighted by Crippen LogP contribution is 2.50. The summed E-state index contributed by atoms with van der Waals surface area (Å²) in [5, 5.41) is 22.7. The van der Waals surface area contributed by atoms with Crippen LogP contribution in [0.1, 0.15) is 31.2 Å². The average Bonchev–Trinajstić information content (AvgIpc) is 2.71. The van der Waals surface area contributed by atoms with Crippen molar-refractivity contribution < 1.29 is 10.2 Å². The molecule has 0 aromatic heterocycles. The molecule has 0 bridgehead atoms. The molecule has 1 fully saturated rings. The molecule has 0 saturated heterocycles. The number of benzene rings is 1. The minimum atomic E-state index is -1.75. The minimum absolute atomic E-state index is 0.647. The number of hydrogen-bond donors (Lipinski definition) is 2. The third-order valence-electron chi connectivity index (χ3n) is 4.97. The molecule has 3 rings (SSSR count). The van der Waals surface area contributed by atoms with Crippen molar-refractivity contribution >= 4 is 8.07 Å². The molecule has 2 atom stereocenters. The third-order valence-corrected chi connectivity index (χ3v) is 6.86. The van der Waals surface area contributed by atoms with Gasteiger partial charge in [-0.1, -0.05) is 55.8 Å². The van der Waals surface area contributed by atoms with E-state index in [1.165, 1.54) is 0 Å². The Bertz CT molecular complexity index is 744. The van der Waals surface area contributed by atoms with Gasteiger partial charge in [0.1, 0.15) is 11.7 Å². The van der Waals surface area contributed by atoms with Crippen molar-refractivity contribution in [1.29, 1.82) is 0 Å². The van der Waals surface area contributed by atoms with Crippen LogP contribution in [0.15, 0.2) is 52.8 Å². The van der Waals surface area contributed by atoms with Crippen LogP contribution in [-0.2, 0) is 0 Å². The quantitative estimate of drug-likeness (QED) is 0.604. The monoisotopic (exact) mass is 338 g/mol. The van der Waals surface area contributed by atoms with E-state index in [1.54, 1.807) is 0 Å². The lowest BCUT2D eigenvalue weighted by molar-refractivity contribution is -0.0653. The Morgan fingerprint density at radius 2 is 1.88 bits per heavy atom. The number of rotatable bonds is 1. The summed E-state index contributed by atoms with van der Waals surface area (Å²) >= 11 is 0. The number of hydrogen-bond acceptors (Lipinski definition) is 2. The Morgan fingerprint density at radius 3 is 2.54 bits per heavy atom. The lowest BCUT2D eigenvalue weighted by atomic mass is 9.65. The minimum Gasteiger partial charge on any atom is -0.385 e. The van der Waals surface area contributed by atoms with Crippen molar-refractivity contribution in [3.05, 3.63) is 58.3 Å². The smallest absolute Gasteiger partial charge is 0.120 e. The van der Waals surface area contributed by atoms with Gasteiger partial charge in [-0.05, 0) is 54.2 Å². The van der Waals surface area contributed by atoms with Gasteiger partial charge in [-0.3, -0.25) is 0 Å². The number of fused-ring (bicyclic) bond motifs is 1. The number of aliphatic hydroxyl groups is 2. The molecular formula is C21H26O2Si. The topological polar surface area (TPSA) is 40.5 Å². The highest BCUT2D eigenvalue weighted by atomic mass is 28.3. The molecule has 1 aromatic carbocycles. The highest BCUT2D eigenvalue weighted by Gasteiger charge is 2.54. The van der Waals surface area contributed by atoms with Crippen molar-refractivity contribution in [2.45, 2.75) is 57.0 Å². The van der Waals surface area contributed by atoms with E-state index in [4.69, 9.17) is 0 Å². The molecule has 0 heterocycles. The first-order valence-corrected chi connectivity index (χ1v) is 12.3. The van der Waals surface area contributed by atoms with Gasteiger partial charge in [0.2, 0.25) is 0 Å². The molecule has 0 spiro atoms. The van der Waals surface area contributed by atoms with Gasteiger partial charge in [-0.25, -0.2) is 0 Å². The van der Waals surface area contributed by atoms with Crippen LogP contribution in [0.25, 0.3) is 0 Å². The van der Waals surface area contributed by atoms with Gasteiger partial charge in [-0.15, -0.1) is 0 Å². The summed E-state index contributed by atoms with van der Waals surface area (Å²) in [5.74, 6) is 6.61. The molecule has 0 amide bonds. The van der Waals surface area contributed by atoms with Crippen LogP contribution in [0.3, 0.4) is 0 Å². The Morgan fingerprint density at radius 1 is 1.17 bits per heavy atom. The lowest BCUT2D eigenvalue weighted by Gasteiger charge is -2.49. The molecule has 0 aliphatic heterocycles. The molecule has 0 unspecified atom stereocenters. The van der Waals surface area contributed by atoms with E-state index < -0.39 is 19.8 Å². The highest BCUT2D eigenvalue weighted by molar-refractivity contribution is 6.84. The van der Waals surface area contributed by atoms with E-state index in [-0.39, 0.29) is 0 Å². The van der Waals surface area contributed by atoms with Crippen molar-refractivity contribution in [1.82, 2.24) is 0 Å². The Labute approximate surface area is 145 Å². The second-order valence-corrected chi connectivity index (χ2v) is 12.8. The fourth-order valence-corrected chi connectivity index (χ4v) is 5.14. The van der Waals surface area contributed by atoms with Crippen molar-refractivity contribution in [3.63, 3.8) is 0 Å². The van der Waals surface area contributed by atoms with E-state index >= 15 is 0 Å². The second-order valence-electron chi connectivity index (χ2n) is 7.85. The molecule has 3 heteroatoms. The van der Waals surface area contributed by atoms with Crippen molar-refractivity contribution in [2.75, 3.05) is 0 Å². The zero-order valence-electron chi connectivity index (χ0n) is 14.8. The largest absolute Gasteiger partial charge is 0.385 e. The van der Waals surface area contributed by atoms with Gasteiger partial charge in [0.05, 0.1) is 8.07 Å². The molecule has 2 aliphatic carbocycles. The standard InChI is InChI=1S/C21H26O2Si/c1-24(2,3)18(14-13-16-10-6-4-7-11-16)19-17-12-8-5-9-15-21(17,23)20(19)22/h4,6-7,10-12,20,22-23H,5,8-9,15H2,1-3H3/b19-18+/t20-,21-/m1/s1. The van der Waals surface area contributed by atoms with E-state index in [0.29, 0.717) is 6.42 Å². The lowest BCUT2D eigenvalue weighted by Crippen LogP contribution is -2.57. The maximum Gasteiger partial charge on any atom is 0.120 e. The summed E-state index contributed by atoms with van der Waals surface area (Å²) in [4.78, 5) is 0. The Balaban J connectivity index is 2.08. The van der Waals surface area contributed by atoms with E-state index in [0.717, 1.165) is 41.2 Å². The van der Waals surface area contributed by atoms with E-state index in [2.05, 4.69) is 37.6 Å². The first kappa shape index (κ1) is 17.2. The fraction of sp³-hybridized carbons (Fsp3) is 0.429. The predicted molar refractivity (Wildman–Crippen MR) is 101 cm³/mol. The van der Waals surface area contributed by atoms with Gasteiger partial charge < -0.3 is 10.2 Å². The molecule has 24 heavy (non-hydrogen) atoms. The first-order valence-electron chi connectivity index (χ1n) is 8.77. The third kappa shape index (κ3) is 3.02. The van der Waals surface area contributed by atoms with Crippen LogP contribution in [0.5, 0.6) is 0 Å². The average molecular weight is 339 g/mol. The van der Waals surface area contributed by atoms with Crippen molar-refractivity contribution in [2.24, 2.45) is 0 Å². The Hall–Kier alpha value is -1.60. The molecular weight excluding hydrogens is 312 g/mol. The van der Waals surface area contributed by atoms with E-state index in [1.807, 2.05) is 30.3 Å². The van der Waals surface area contributed by atoms with Crippen molar-refractivity contribution in [3.8, 4) is 11.8 Å². The number of allylic oxidation sites excluding steroid dienone is 2. The molecule has 2 N–H and O–H groups in total. The normalized spacial score (nSPS) is 28.5. The van der Waals surface area contributed by atoms with Crippen LogP contribution < -0.4 is 0 Å². The molecule has 1 saturated carbocycles. The van der Waals surface area contributed by atoms with Crippen LogP contribution in [0.4, 0.5) is 0 Å². The SMILES string of the molecule is C[Si](C)(C)/C(C#Cc1ccccc1)=C1\C2=CCCCC[C@]2(O)[C@@H]1O. The van der Waals surface area contributed by atoms with Crippen LogP contribution in [-0.4, -0.2) is 30.0 Å². The predicted octanol–water partition coefficient (Wildman–Crippen LogP) is 3.82. The summed E-state index contributed by atoms with van der Waals surface area (Å²) in [6, 6.07) is 9.94. The van der Waals surface area contributed by atoms with Gasteiger partial charge in [-0.2, -0.15) is 0 Å². The second kappa shape index (κ2) is 6.37. The van der Waals surface area contributed by atoms with Gasteiger partial charge in [0.25, 0.3) is 0 Å². The zero-order valence-corrected chi connectivity index (χ0v) is 15.8. The summed E-state index contributed by atoms with van der Waals surface area (Å²) in [5.41, 5.74) is 1.77. The molecule has 2 nitrogen and oxygen atoms in total. The first-order chi connectivity index (χ1) is 11.3. The summed E-state index contributed by atoms with van der Waals surface area (Å²) in [7, 11) is -1.75. The summed E-state index contributed by atoms with van der Waals surface area (Å²) < 4.78 is 0. The fourth-order valence-electron chi connectivity index (χ4n) is 3.62. The van der Waals surface area contributed by atoms with Crippen LogP contribution in [0, 0.1) is 11.8 Å². The summed E-state index contributed by atoms with van der Waals surface area (Å²) in [6.45, 7) is 6.74. The van der Waals surface area contributed by atoms with Crippen LogP contribution >= 0.6 is 0 Å². The van der Waals surface area contributed by atoms with Gasteiger partial charge in [0.15, 0.2) is 0 Å². The number of aliphatic hydroxyl groups excluding tert-OH is 1. The maximum atomic E-state index is 10.9. The maximum absolute atomic E-state index is 10.9. The Kier molecular flexibility index (Phi) is 4.57. The van der Waals surface area contributed by atoms with Gasteiger partial charge in [0, 0.05) is 5.56 Å². The molecule has 126 valence electrons. The zero-order chi connectivity index (χ0) is 17.4. The molecule has 2 aliphatic rings. The summed E-state index contributed by atoms with van der Waals surface area (Å²) in [6.07, 6.45) is 4.98. The molecule has 1 aromatic rings. The van der Waals surface area contributed by atoms with Crippen LogP contribution in [0.2, 0.25) is 19.6 Å². The molecule has 0 radical (unpaired) electrons.